The average molecular weight is 468 g/mol. The van der Waals surface area contributed by atoms with Gasteiger partial charge in [-0.1, -0.05) is 63.2 Å². The molecule has 0 aliphatic heterocycles. The van der Waals surface area contributed by atoms with E-state index in [1.807, 2.05) is 54.6 Å². The molecule has 34 heavy (non-hydrogen) atoms. The van der Waals surface area contributed by atoms with Crippen molar-refractivity contribution in [1.29, 1.82) is 0 Å². The quantitative estimate of drug-likeness (QED) is 0.541. The second kappa shape index (κ2) is 10.3. The number of benzene rings is 2. The predicted molar refractivity (Wildman–Crippen MR) is 127 cm³/mol. The number of esters is 1. The highest BCUT2D eigenvalue weighted by Gasteiger charge is 2.58. The number of hydrogen-bond donors (Lipinski definition) is 2. The summed E-state index contributed by atoms with van der Waals surface area (Å²) in [6, 6.07) is 16.3. The van der Waals surface area contributed by atoms with Crippen molar-refractivity contribution >= 4 is 17.8 Å². The number of carboxylic acids is 1. The molecule has 0 saturated heterocycles. The van der Waals surface area contributed by atoms with Crippen molar-refractivity contribution in [3.8, 4) is 5.75 Å². The number of methoxy groups -OCH3 is 1. The minimum absolute atomic E-state index is 0.246. The molecule has 7 heteroatoms. The molecule has 182 valence electrons. The fourth-order valence-corrected chi connectivity index (χ4v) is 4.69. The Balaban J connectivity index is 1.67. The van der Waals surface area contributed by atoms with E-state index < -0.39 is 34.7 Å². The van der Waals surface area contributed by atoms with Gasteiger partial charge in [0, 0.05) is 6.42 Å². The van der Waals surface area contributed by atoms with Crippen LogP contribution in [-0.4, -0.2) is 36.1 Å². The largest absolute Gasteiger partial charge is 0.489 e. The van der Waals surface area contributed by atoms with Crippen LogP contribution in [0.4, 0.5) is 0 Å². The standard InChI is InChI=1S/C27H33NO6/c1-26(2)21(23(29)30)14-15-27(26,3)25(32)28-22(24(31)33-4)16-18-10-12-20(13-11-18)34-17-19-8-6-5-7-9-19/h5-13,21-22H,14-17H2,1-4H3,(H,28,32)(H,29,30)/t21?,22-,27?/m0/s1. The molecule has 0 spiro atoms. The number of rotatable bonds is 9. The van der Waals surface area contributed by atoms with Gasteiger partial charge in [0.25, 0.3) is 0 Å². The molecule has 0 aromatic heterocycles. The lowest BCUT2D eigenvalue weighted by Gasteiger charge is -2.39. The van der Waals surface area contributed by atoms with Gasteiger partial charge in [0.2, 0.25) is 5.91 Å². The Morgan fingerprint density at radius 2 is 1.68 bits per heavy atom. The van der Waals surface area contributed by atoms with E-state index in [0.717, 1.165) is 11.1 Å². The van der Waals surface area contributed by atoms with Crippen LogP contribution in [0.25, 0.3) is 0 Å². The summed E-state index contributed by atoms with van der Waals surface area (Å²) in [5.41, 5.74) is 0.217. The summed E-state index contributed by atoms with van der Waals surface area (Å²) in [5, 5.41) is 12.4. The van der Waals surface area contributed by atoms with Crippen LogP contribution in [0.5, 0.6) is 5.75 Å². The Bertz CT molecular complexity index is 1020. The summed E-state index contributed by atoms with van der Waals surface area (Å²) in [5.74, 6) is -1.71. The third-order valence-electron chi connectivity index (χ3n) is 7.43. The highest BCUT2D eigenvalue weighted by Crippen LogP contribution is 2.56. The summed E-state index contributed by atoms with van der Waals surface area (Å²) in [4.78, 5) is 37.5. The number of carbonyl (C=O) groups excluding carboxylic acids is 2. The maximum atomic E-state index is 13.3. The number of nitrogens with one attached hydrogen (secondary N) is 1. The minimum Gasteiger partial charge on any atom is -0.489 e. The third-order valence-corrected chi connectivity index (χ3v) is 7.43. The molecule has 2 aromatic rings. The van der Waals surface area contributed by atoms with E-state index in [1.165, 1.54) is 7.11 Å². The Labute approximate surface area is 200 Å². The number of carbonyl (C=O) groups is 3. The van der Waals surface area contributed by atoms with E-state index in [-0.39, 0.29) is 12.3 Å². The molecule has 1 fully saturated rings. The van der Waals surface area contributed by atoms with Crippen LogP contribution < -0.4 is 10.1 Å². The molecular formula is C27H33NO6. The summed E-state index contributed by atoms with van der Waals surface area (Å²) in [6.45, 7) is 5.84. The van der Waals surface area contributed by atoms with Gasteiger partial charge in [0.1, 0.15) is 18.4 Å². The molecule has 3 atom stereocenters. The first-order chi connectivity index (χ1) is 16.1. The van der Waals surface area contributed by atoms with Crippen molar-refractivity contribution in [3.05, 3.63) is 65.7 Å². The first-order valence-electron chi connectivity index (χ1n) is 11.5. The van der Waals surface area contributed by atoms with Crippen LogP contribution in [0, 0.1) is 16.7 Å². The number of amides is 1. The highest BCUT2D eigenvalue weighted by atomic mass is 16.5. The molecule has 7 nitrogen and oxygen atoms in total. The summed E-state index contributed by atoms with van der Waals surface area (Å²) in [6.07, 6.45) is 1.10. The van der Waals surface area contributed by atoms with Gasteiger partial charge in [-0.2, -0.15) is 0 Å². The maximum Gasteiger partial charge on any atom is 0.328 e. The Morgan fingerprint density at radius 3 is 2.24 bits per heavy atom. The van der Waals surface area contributed by atoms with E-state index in [2.05, 4.69) is 5.32 Å². The van der Waals surface area contributed by atoms with Crippen LogP contribution in [0.2, 0.25) is 0 Å². The van der Waals surface area contributed by atoms with Crippen molar-refractivity contribution in [3.63, 3.8) is 0 Å². The highest BCUT2D eigenvalue weighted by molar-refractivity contribution is 5.90. The smallest absolute Gasteiger partial charge is 0.328 e. The Hall–Kier alpha value is -3.35. The van der Waals surface area contributed by atoms with Gasteiger partial charge in [0.15, 0.2) is 0 Å². The summed E-state index contributed by atoms with van der Waals surface area (Å²) in [7, 11) is 1.28. The molecule has 1 aliphatic rings. The van der Waals surface area contributed by atoms with Crippen LogP contribution >= 0.6 is 0 Å². The molecule has 1 aliphatic carbocycles. The molecule has 1 amide bonds. The molecule has 2 aromatic carbocycles. The second-order valence-corrected chi connectivity index (χ2v) is 9.65. The van der Waals surface area contributed by atoms with Gasteiger partial charge in [-0.15, -0.1) is 0 Å². The molecule has 3 rings (SSSR count). The number of ether oxygens (including phenoxy) is 2. The molecule has 2 N–H and O–H groups in total. The summed E-state index contributed by atoms with van der Waals surface area (Å²) >= 11 is 0. The Morgan fingerprint density at radius 1 is 1.03 bits per heavy atom. The normalized spacial score (nSPS) is 21.9. The topological polar surface area (TPSA) is 102 Å². The van der Waals surface area contributed by atoms with E-state index in [9.17, 15) is 19.5 Å². The molecule has 0 radical (unpaired) electrons. The van der Waals surface area contributed by atoms with Crippen molar-refractivity contribution in [2.24, 2.45) is 16.7 Å². The van der Waals surface area contributed by atoms with Crippen molar-refractivity contribution < 1.29 is 29.0 Å². The SMILES string of the molecule is COC(=O)[C@H](Cc1ccc(OCc2ccccc2)cc1)NC(=O)C1(C)CCC(C(=O)O)C1(C)C. The zero-order chi connectivity index (χ0) is 24.9. The van der Waals surface area contributed by atoms with Crippen LogP contribution in [0.1, 0.15) is 44.7 Å². The minimum atomic E-state index is -0.919. The van der Waals surface area contributed by atoms with Gasteiger partial charge in [0.05, 0.1) is 18.4 Å². The second-order valence-electron chi connectivity index (χ2n) is 9.65. The van der Waals surface area contributed by atoms with Crippen LogP contribution in [-0.2, 0) is 32.1 Å². The summed E-state index contributed by atoms with van der Waals surface area (Å²) < 4.78 is 10.7. The van der Waals surface area contributed by atoms with E-state index in [1.54, 1.807) is 20.8 Å². The number of aliphatic carboxylic acids is 1. The predicted octanol–water partition coefficient (Wildman–Crippen LogP) is 3.99. The van der Waals surface area contributed by atoms with E-state index >= 15 is 0 Å². The molecule has 1 saturated carbocycles. The molecule has 2 unspecified atom stereocenters. The molecule has 0 bridgehead atoms. The van der Waals surface area contributed by atoms with Crippen LogP contribution in [0.15, 0.2) is 54.6 Å². The Kier molecular flexibility index (Phi) is 7.64. The van der Waals surface area contributed by atoms with Gasteiger partial charge in [-0.05, 0) is 41.5 Å². The first-order valence-corrected chi connectivity index (χ1v) is 11.5. The maximum absolute atomic E-state index is 13.3. The fourth-order valence-electron chi connectivity index (χ4n) is 4.69. The van der Waals surface area contributed by atoms with Gasteiger partial charge in [-0.3, -0.25) is 9.59 Å². The molecular weight excluding hydrogens is 434 g/mol. The van der Waals surface area contributed by atoms with Gasteiger partial charge >= 0.3 is 11.9 Å². The van der Waals surface area contributed by atoms with Crippen molar-refractivity contribution in [1.82, 2.24) is 5.32 Å². The van der Waals surface area contributed by atoms with Crippen molar-refractivity contribution in [2.75, 3.05) is 7.11 Å². The number of carboxylic acid groups (broad SMARTS) is 1. The molecule has 0 heterocycles. The lowest BCUT2D eigenvalue weighted by atomic mass is 9.65. The van der Waals surface area contributed by atoms with Crippen molar-refractivity contribution in [2.45, 2.75) is 52.7 Å². The van der Waals surface area contributed by atoms with Gasteiger partial charge < -0.3 is 19.9 Å². The number of hydrogen-bond acceptors (Lipinski definition) is 5. The average Bonchev–Trinajstić information content (AvgIpc) is 3.07. The van der Waals surface area contributed by atoms with E-state index in [4.69, 9.17) is 9.47 Å². The first kappa shape index (κ1) is 25.3. The third kappa shape index (κ3) is 5.24. The fraction of sp³-hybridized carbons (Fsp3) is 0.444. The van der Waals surface area contributed by atoms with Gasteiger partial charge in [-0.25, -0.2) is 4.79 Å². The van der Waals surface area contributed by atoms with Crippen LogP contribution in [0.3, 0.4) is 0 Å². The lowest BCUT2D eigenvalue weighted by molar-refractivity contribution is -0.152. The zero-order valence-electron chi connectivity index (χ0n) is 20.2. The lowest BCUT2D eigenvalue weighted by Crippen LogP contribution is -2.53. The monoisotopic (exact) mass is 467 g/mol. The van der Waals surface area contributed by atoms with E-state index in [0.29, 0.717) is 25.2 Å². The zero-order valence-corrected chi connectivity index (χ0v) is 20.2.